The van der Waals surface area contributed by atoms with Gasteiger partial charge in [0.05, 0.1) is 17.1 Å². The summed E-state index contributed by atoms with van der Waals surface area (Å²) in [7, 11) is 0. The third-order valence-electron chi connectivity index (χ3n) is 7.78. The molecule has 48 heavy (non-hydrogen) atoms. The molecule has 1 saturated heterocycles. The Morgan fingerprint density at radius 1 is 1.06 bits per heavy atom. The molecule has 3 amide bonds. The van der Waals surface area contributed by atoms with Crippen molar-refractivity contribution < 1.29 is 27.5 Å². The molecule has 252 valence electrons. The normalized spacial score (nSPS) is 14.2. The van der Waals surface area contributed by atoms with Crippen molar-refractivity contribution in [1.82, 2.24) is 14.8 Å². The number of aryl methyl sites for hydroxylation is 1. The largest absolute Gasteiger partial charge is 0.573 e. The van der Waals surface area contributed by atoms with Crippen LogP contribution in [0, 0.1) is 0 Å². The Balaban J connectivity index is 1.35. The van der Waals surface area contributed by atoms with Crippen LogP contribution < -0.4 is 19.9 Å². The van der Waals surface area contributed by atoms with Gasteiger partial charge in [-0.25, -0.2) is 14.5 Å². The topological polar surface area (TPSA) is 105 Å². The van der Waals surface area contributed by atoms with Gasteiger partial charge < -0.3 is 15.0 Å². The molecule has 0 spiro atoms. The number of hydrogen-bond donors (Lipinski definition) is 1. The number of halogens is 3. The molecule has 3 aromatic carbocycles. The molecule has 1 fully saturated rings. The minimum Gasteiger partial charge on any atom is -0.406 e. The molecule has 5 rings (SSSR count). The Kier molecular flexibility index (Phi) is 10.4. The second kappa shape index (κ2) is 14.5. The molecule has 1 aromatic heterocycles. The van der Waals surface area contributed by atoms with Crippen molar-refractivity contribution in [3.8, 4) is 22.8 Å². The highest BCUT2D eigenvalue weighted by molar-refractivity contribution is 8.15. The van der Waals surface area contributed by atoms with Crippen LogP contribution in [0.5, 0.6) is 5.75 Å². The van der Waals surface area contributed by atoms with E-state index in [1.165, 1.54) is 47.0 Å². The number of aromatic nitrogens is 3. The van der Waals surface area contributed by atoms with Crippen molar-refractivity contribution in [2.75, 3.05) is 34.0 Å². The van der Waals surface area contributed by atoms with E-state index in [4.69, 9.17) is 0 Å². The first-order valence-corrected chi connectivity index (χ1v) is 16.5. The predicted octanol–water partition coefficient (Wildman–Crippen LogP) is 8.03. The lowest BCUT2D eigenvalue weighted by Gasteiger charge is -2.26. The zero-order chi connectivity index (χ0) is 34.6. The lowest BCUT2D eigenvalue weighted by molar-refractivity contribution is -0.274. The van der Waals surface area contributed by atoms with Gasteiger partial charge in [-0.05, 0) is 91.9 Å². The second-order valence-electron chi connectivity index (χ2n) is 11.2. The van der Waals surface area contributed by atoms with Gasteiger partial charge in [-0.3, -0.25) is 9.69 Å². The number of nitrogens with one attached hydrogen (secondary N) is 1. The van der Waals surface area contributed by atoms with E-state index in [2.05, 4.69) is 63.8 Å². The molecule has 10 nitrogen and oxygen atoms in total. The van der Waals surface area contributed by atoms with Gasteiger partial charge in [0.25, 0.3) is 0 Å². The van der Waals surface area contributed by atoms with E-state index in [0.29, 0.717) is 34.4 Å². The zero-order valence-corrected chi connectivity index (χ0v) is 28.0. The summed E-state index contributed by atoms with van der Waals surface area (Å²) in [5, 5.41) is 7.66. The fourth-order valence-electron chi connectivity index (χ4n) is 5.38. The van der Waals surface area contributed by atoms with E-state index >= 15 is 0 Å². The molecule has 4 aromatic rings. The van der Waals surface area contributed by atoms with Crippen LogP contribution in [0.4, 0.5) is 35.0 Å². The van der Waals surface area contributed by atoms with Crippen LogP contribution in [0.25, 0.3) is 17.1 Å². The van der Waals surface area contributed by atoms with E-state index in [1.807, 2.05) is 25.1 Å². The number of amidine groups is 1. The number of rotatable bonds is 10. The highest BCUT2D eigenvalue weighted by atomic mass is 32.2. The second-order valence-corrected chi connectivity index (χ2v) is 12.1. The Morgan fingerprint density at radius 2 is 1.79 bits per heavy atom. The fourth-order valence-corrected chi connectivity index (χ4v) is 6.24. The van der Waals surface area contributed by atoms with Crippen molar-refractivity contribution in [3.05, 3.63) is 78.1 Å². The summed E-state index contributed by atoms with van der Waals surface area (Å²) in [6.45, 7) is 11.9. The number of hydrogen-bond acceptors (Lipinski definition) is 7. The Labute approximate surface area is 281 Å². The summed E-state index contributed by atoms with van der Waals surface area (Å²) in [5.41, 5.74) is 5.27. The smallest absolute Gasteiger partial charge is 0.406 e. The third-order valence-corrected chi connectivity index (χ3v) is 8.70. The number of benzene rings is 3. The van der Waals surface area contributed by atoms with Gasteiger partial charge in [-0.1, -0.05) is 38.6 Å². The van der Waals surface area contributed by atoms with Gasteiger partial charge in [0.2, 0.25) is 5.91 Å². The summed E-state index contributed by atoms with van der Waals surface area (Å²) >= 11 is 1.23. The highest BCUT2D eigenvalue weighted by Crippen LogP contribution is 2.36. The molecule has 0 bridgehead atoms. The molecule has 1 aliphatic heterocycles. The van der Waals surface area contributed by atoms with Crippen molar-refractivity contribution >= 4 is 45.9 Å². The summed E-state index contributed by atoms with van der Waals surface area (Å²) in [5.74, 6) is 0.241. The summed E-state index contributed by atoms with van der Waals surface area (Å²) < 4.78 is 42.9. The highest BCUT2D eigenvalue weighted by Gasteiger charge is 2.33. The number of urea groups is 1. The zero-order valence-electron chi connectivity index (χ0n) is 27.2. The minimum absolute atomic E-state index is 0.138. The van der Waals surface area contributed by atoms with Crippen LogP contribution >= 0.6 is 11.8 Å². The monoisotopic (exact) mass is 679 g/mol. The summed E-state index contributed by atoms with van der Waals surface area (Å²) in [4.78, 5) is 38.9. The number of carbonyl (C=O) groups excluding carboxylic acids is 2. The van der Waals surface area contributed by atoms with Gasteiger partial charge in [-0.2, -0.15) is 4.99 Å². The average molecular weight is 680 g/mol. The number of ether oxygens (including phenoxy) is 1. The number of thioether (sulfide) groups is 1. The molecule has 0 atom stereocenters. The molecule has 14 heteroatoms. The van der Waals surface area contributed by atoms with E-state index in [9.17, 15) is 22.8 Å². The standard InChI is InChI=1S/C34H36F3N7O3S/c1-6-22-17-23(31-38-20-43(41-31)24-10-13-26(14-11-24)47-34(35,36)37)9-16-28(22)39-32(46)40-33-44(30(45)19-48-33)29-18-25(42(7-2)8-3)12-15-27(29)21(4)5/h9-18,20-21H,6-8,19H2,1-5H3,(H,39,46). The van der Waals surface area contributed by atoms with E-state index in [-0.39, 0.29) is 23.3 Å². The quantitative estimate of drug-likeness (QED) is 0.181. The molecule has 0 aliphatic carbocycles. The number of aliphatic imine (C=N–C) groups is 1. The summed E-state index contributed by atoms with van der Waals surface area (Å²) in [6.07, 6.45) is -2.74. The van der Waals surface area contributed by atoms with E-state index in [0.717, 1.165) is 35.6 Å². The SMILES string of the molecule is CCc1cc(-c2ncn(-c3ccc(OC(F)(F)F)cc3)n2)ccc1NC(=O)N=C1SCC(=O)N1c1cc(N(CC)CC)ccc1C(C)C. The van der Waals surface area contributed by atoms with Gasteiger partial charge in [0, 0.05) is 30.0 Å². The molecule has 1 N–H and O–H groups in total. The number of nitrogens with zero attached hydrogens (tertiary/aromatic N) is 6. The van der Waals surface area contributed by atoms with Gasteiger partial charge in [-0.15, -0.1) is 18.3 Å². The maximum atomic E-state index is 13.3. The Bertz CT molecular complexity index is 1820. The molecule has 0 radical (unpaired) electrons. The lowest BCUT2D eigenvalue weighted by Crippen LogP contribution is -2.32. The summed E-state index contributed by atoms with van der Waals surface area (Å²) in [6, 6.07) is 16.1. The van der Waals surface area contributed by atoms with Crippen molar-refractivity contribution in [2.45, 2.75) is 53.3 Å². The maximum Gasteiger partial charge on any atom is 0.573 e. The van der Waals surface area contributed by atoms with Crippen LogP contribution in [0.15, 0.2) is 72.0 Å². The Hall–Kier alpha value is -4.85. The van der Waals surface area contributed by atoms with Crippen LogP contribution in [-0.2, 0) is 11.2 Å². The van der Waals surface area contributed by atoms with Gasteiger partial charge in [0.15, 0.2) is 11.0 Å². The lowest BCUT2D eigenvalue weighted by atomic mass is 9.99. The van der Waals surface area contributed by atoms with Crippen LogP contribution in [0.1, 0.15) is 51.7 Å². The average Bonchev–Trinajstić information content (AvgIpc) is 3.68. The number of anilines is 3. The van der Waals surface area contributed by atoms with Crippen molar-refractivity contribution in [2.24, 2.45) is 4.99 Å². The molecular formula is C34H36F3N7O3S. The minimum atomic E-state index is -4.78. The van der Waals surface area contributed by atoms with E-state index in [1.54, 1.807) is 17.0 Å². The van der Waals surface area contributed by atoms with Crippen LogP contribution in [0.3, 0.4) is 0 Å². The fraction of sp³-hybridized carbons (Fsp3) is 0.324. The van der Waals surface area contributed by atoms with Gasteiger partial charge >= 0.3 is 12.4 Å². The van der Waals surface area contributed by atoms with Crippen LogP contribution in [0.2, 0.25) is 0 Å². The number of amides is 3. The molecule has 0 saturated carbocycles. The van der Waals surface area contributed by atoms with E-state index < -0.39 is 12.4 Å². The predicted molar refractivity (Wildman–Crippen MR) is 183 cm³/mol. The number of carbonyl (C=O) groups is 2. The van der Waals surface area contributed by atoms with Crippen molar-refractivity contribution in [3.63, 3.8) is 0 Å². The third kappa shape index (κ3) is 7.81. The first-order valence-electron chi connectivity index (χ1n) is 15.6. The van der Waals surface area contributed by atoms with Gasteiger partial charge in [0.1, 0.15) is 12.1 Å². The number of alkyl halides is 3. The molecule has 0 unspecified atom stereocenters. The van der Waals surface area contributed by atoms with Crippen LogP contribution in [-0.4, -0.2) is 57.1 Å². The molecular weight excluding hydrogens is 643 g/mol. The van der Waals surface area contributed by atoms with Crippen molar-refractivity contribution in [1.29, 1.82) is 0 Å². The maximum absolute atomic E-state index is 13.3. The molecule has 1 aliphatic rings. The Morgan fingerprint density at radius 3 is 2.44 bits per heavy atom. The first-order chi connectivity index (χ1) is 22.9. The first kappa shape index (κ1) is 34.5. The molecule has 2 heterocycles.